The zero-order valence-corrected chi connectivity index (χ0v) is 17.3. The van der Waals surface area contributed by atoms with E-state index >= 15 is 0 Å². The van der Waals surface area contributed by atoms with E-state index in [1.54, 1.807) is 0 Å². The number of amides is 1. The molecule has 4 heterocycles. The van der Waals surface area contributed by atoms with Gasteiger partial charge in [0.25, 0.3) is 5.91 Å². The maximum absolute atomic E-state index is 13.0. The Morgan fingerprint density at radius 2 is 2.00 bits per heavy atom. The van der Waals surface area contributed by atoms with Crippen molar-refractivity contribution in [1.29, 1.82) is 0 Å². The minimum atomic E-state index is -0.485. The van der Waals surface area contributed by atoms with E-state index in [-0.39, 0.29) is 5.91 Å². The molecular formula is C23H23ClN4O2. The van der Waals surface area contributed by atoms with Gasteiger partial charge < -0.3 is 19.9 Å². The van der Waals surface area contributed by atoms with E-state index in [0.717, 1.165) is 59.7 Å². The molecule has 0 bridgehead atoms. The number of nitrogens with one attached hydrogen (secondary N) is 2. The first-order valence-corrected chi connectivity index (χ1v) is 11.0. The van der Waals surface area contributed by atoms with Crippen LogP contribution < -0.4 is 10.1 Å². The molecule has 1 saturated heterocycles. The minimum Gasteiger partial charge on any atom is -0.479 e. The molecule has 2 aromatic heterocycles. The number of halogens is 1. The van der Waals surface area contributed by atoms with Crippen LogP contribution >= 0.6 is 11.6 Å². The highest BCUT2D eigenvalue weighted by molar-refractivity contribution is 6.31. The number of aromatic amines is 1. The maximum atomic E-state index is 13.0. The van der Waals surface area contributed by atoms with Crippen molar-refractivity contribution in [2.75, 3.05) is 26.2 Å². The second-order valence-corrected chi connectivity index (χ2v) is 8.88. The fourth-order valence-corrected chi connectivity index (χ4v) is 4.89. The summed E-state index contributed by atoms with van der Waals surface area (Å²) in [5.41, 5.74) is 5.10. The number of rotatable bonds is 3. The number of pyridine rings is 1. The summed E-state index contributed by atoms with van der Waals surface area (Å²) in [5, 5.41) is 5.02. The molecule has 6 rings (SSSR count). The van der Waals surface area contributed by atoms with E-state index in [4.69, 9.17) is 16.3 Å². The number of aromatic nitrogens is 2. The molecule has 1 atom stereocenters. The first-order valence-electron chi connectivity index (χ1n) is 10.6. The highest BCUT2D eigenvalue weighted by Crippen LogP contribution is 2.45. The number of ether oxygens (including phenoxy) is 1. The van der Waals surface area contributed by atoms with Crippen LogP contribution in [0.1, 0.15) is 30.0 Å². The topological polar surface area (TPSA) is 70.2 Å². The molecule has 1 saturated carbocycles. The number of H-pyrrole nitrogens is 1. The number of benzene rings is 1. The summed E-state index contributed by atoms with van der Waals surface area (Å²) < 4.78 is 6.28. The van der Waals surface area contributed by atoms with Crippen LogP contribution in [0, 0.1) is 0 Å². The number of hydrogen-bond donors (Lipinski definition) is 2. The van der Waals surface area contributed by atoms with E-state index in [9.17, 15) is 4.79 Å². The summed E-state index contributed by atoms with van der Waals surface area (Å²) in [7, 11) is 0. The standard InChI is InChI=1S/C23H23ClN4O2/c24-15-9-14-10-20(23(29)28-7-5-25-6-8-28)30-21(14)17(11-15)16-3-4-26-22-18(16)12-19(27-22)13-1-2-13/h3-4,9,11-13,20,25H,1-2,5-8,10H2,(H,26,27)/t20-/m0/s1. The van der Waals surface area contributed by atoms with Gasteiger partial charge in [0.15, 0.2) is 6.10 Å². The Morgan fingerprint density at radius 1 is 1.17 bits per heavy atom. The summed E-state index contributed by atoms with van der Waals surface area (Å²) in [5.74, 6) is 1.45. The molecule has 3 aliphatic rings. The fraction of sp³-hybridized carbons (Fsp3) is 0.391. The Morgan fingerprint density at radius 3 is 2.80 bits per heavy atom. The lowest BCUT2D eigenvalue weighted by molar-refractivity contribution is -0.138. The normalized spacial score (nSPS) is 21.0. The Kier molecular flexibility index (Phi) is 4.25. The molecule has 2 fully saturated rings. The molecule has 6 nitrogen and oxygen atoms in total. The van der Waals surface area contributed by atoms with Crippen LogP contribution in [-0.2, 0) is 11.2 Å². The molecule has 7 heteroatoms. The van der Waals surface area contributed by atoms with Gasteiger partial charge in [0.1, 0.15) is 11.4 Å². The molecular weight excluding hydrogens is 400 g/mol. The molecule has 1 aliphatic carbocycles. The van der Waals surface area contributed by atoms with Crippen molar-refractivity contribution in [3.8, 4) is 16.9 Å². The SMILES string of the molecule is O=C([C@@H]1Cc2cc(Cl)cc(-c3ccnc4[nH]c(C5CC5)cc34)c2O1)N1CCNCC1. The molecule has 1 amide bonds. The van der Waals surface area contributed by atoms with Gasteiger partial charge in [-0.2, -0.15) is 0 Å². The van der Waals surface area contributed by atoms with Crippen molar-refractivity contribution < 1.29 is 9.53 Å². The van der Waals surface area contributed by atoms with Crippen LogP contribution in [0.5, 0.6) is 5.75 Å². The van der Waals surface area contributed by atoms with Gasteiger partial charge in [-0.05, 0) is 48.6 Å². The number of carbonyl (C=O) groups excluding carboxylic acids is 1. The molecule has 0 radical (unpaired) electrons. The number of hydrogen-bond acceptors (Lipinski definition) is 4. The number of nitrogens with zero attached hydrogens (tertiary/aromatic N) is 2. The van der Waals surface area contributed by atoms with Gasteiger partial charge in [-0.25, -0.2) is 4.98 Å². The number of piperazine rings is 1. The third-order valence-corrected chi connectivity index (χ3v) is 6.58. The molecule has 30 heavy (non-hydrogen) atoms. The lowest BCUT2D eigenvalue weighted by Crippen LogP contribution is -2.50. The predicted molar refractivity (Wildman–Crippen MR) is 116 cm³/mol. The number of carbonyl (C=O) groups is 1. The lowest BCUT2D eigenvalue weighted by atomic mass is 9.99. The van der Waals surface area contributed by atoms with Crippen molar-refractivity contribution in [3.05, 3.63) is 46.7 Å². The second-order valence-electron chi connectivity index (χ2n) is 8.45. The van der Waals surface area contributed by atoms with E-state index in [0.29, 0.717) is 17.4 Å². The Hall–Kier alpha value is -2.57. The smallest absolute Gasteiger partial charge is 0.264 e. The van der Waals surface area contributed by atoms with E-state index < -0.39 is 6.10 Å². The minimum absolute atomic E-state index is 0.0623. The van der Waals surface area contributed by atoms with E-state index in [1.807, 2.05) is 29.3 Å². The molecule has 2 N–H and O–H groups in total. The molecule has 2 aliphatic heterocycles. The van der Waals surface area contributed by atoms with Crippen molar-refractivity contribution in [2.24, 2.45) is 0 Å². The largest absolute Gasteiger partial charge is 0.479 e. The first kappa shape index (κ1) is 18.2. The monoisotopic (exact) mass is 422 g/mol. The van der Waals surface area contributed by atoms with Crippen molar-refractivity contribution in [3.63, 3.8) is 0 Å². The van der Waals surface area contributed by atoms with Crippen LogP contribution in [0.3, 0.4) is 0 Å². The second kappa shape index (κ2) is 7.00. The van der Waals surface area contributed by atoms with Gasteiger partial charge >= 0.3 is 0 Å². The van der Waals surface area contributed by atoms with Crippen molar-refractivity contribution >= 4 is 28.5 Å². The van der Waals surface area contributed by atoms with Gasteiger partial charge in [-0.3, -0.25) is 4.79 Å². The molecule has 0 unspecified atom stereocenters. The van der Waals surface area contributed by atoms with Gasteiger partial charge in [0.2, 0.25) is 0 Å². The zero-order valence-electron chi connectivity index (χ0n) is 16.6. The zero-order chi connectivity index (χ0) is 20.2. The van der Waals surface area contributed by atoms with Gasteiger partial charge in [-0.15, -0.1) is 0 Å². The average Bonchev–Trinajstić information content (AvgIpc) is 3.38. The molecule has 3 aromatic rings. The third kappa shape index (κ3) is 3.06. The van der Waals surface area contributed by atoms with E-state index in [2.05, 4.69) is 21.4 Å². The Labute approximate surface area is 179 Å². The van der Waals surface area contributed by atoms with Crippen LogP contribution in [0.2, 0.25) is 5.02 Å². The highest BCUT2D eigenvalue weighted by Gasteiger charge is 2.35. The summed E-state index contributed by atoms with van der Waals surface area (Å²) in [6, 6.07) is 8.09. The fourth-order valence-electron chi connectivity index (χ4n) is 4.65. The predicted octanol–water partition coefficient (Wildman–Crippen LogP) is 3.50. The van der Waals surface area contributed by atoms with Crippen molar-refractivity contribution in [1.82, 2.24) is 20.2 Å². The van der Waals surface area contributed by atoms with Crippen LogP contribution in [0.25, 0.3) is 22.2 Å². The van der Waals surface area contributed by atoms with Crippen LogP contribution in [0.4, 0.5) is 0 Å². The number of fused-ring (bicyclic) bond motifs is 2. The molecule has 154 valence electrons. The van der Waals surface area contributed by atoms with Gasteiger partial charge in [0, 0.05) is 66.0 Å². The third-order valence-electron chi connectivity index (χ3n) is 6.36. The average molecular weight is 423 g/mol. The Bertz CT molecular complexity index is 1150. The van der Waals surface area contributed by atoms with Crippen molar-refractivity contribution in [2.45, 2.75) is 31.3 Å². The summed E-state index contributed by atoms with van der Waals surface area (Å²) in [4.78, 5) is 22.9. The summed E-state index contributed by atoms with van der Waals surface area (Å²) in [6.45, 7) is 3.10. The van der Waals surface area contributed by atoms with Crippen LogP contribution in [-0.4, -0.2) is 53.1 Å². The quantitative estimate of drug-likeness (QED) is 0.677. The maximum Gasteiger partial charge on any atom is 0.264 e. The van der Waals surface area contributed by atoms with Gasteiger partial charge in [-0.1, -0.05) is 11.6 Å². The lowest BCUT2D eigenvalue weighted by Gasteiger charge is -2.29. The first-order chi connectivity index (χ1) is 14.7. The highest BCUT2D eigenvalue weighted by atomic mass is 35.5. The van der Waals surface area contributed by atoms with E-state index in [1.165, 1.54) is 18.5 Å². The summed E-state index contributed by atoms with van der Waals surface area (Å²) in [6.07, 6.45) is 4.35. The Balaban J connectivity index is 1.39. The molecule has 0 spiro atoms. The van der Waals surface area contributed by atoms with Crippen LogP contribution in [0.15, 0.2) is 30.5 Å². The van der Waals surface area contributed by atoms with Gasteiger partial charge in [0.05, 0.1) is 0 Å². The summed E-state index contributed by atoms with van der Waals surface area (Å²) >= 11 is 6.49. The molecule has 1 aromatic carbocycles.